The van der Waals surface area contributed by atoms with Gasteiger partial charge in [0, 0.05) is 51.4 Å². The molecule has 2 N–H and O–H groups in total. The SMILES string of the molecule is Cc1cccc(C)c1C(=O)N1CC2CN(CCC(NC(=O)N3CCOCC3)c3ccccc3)C[C@H]2C1.O=C(O)C(F)(F)F. The Labute approximate surface area is 249 Å². The highest BCUT2D eigenvalue weighted by Crippen LogP contribution is 2.33. The second kappa shape index (κ2) is 14.2. The van der Waals surface area contributed by atoms with E-state index in [4.69, 9.17) is 14.6 Å². The minimum Gasteiger partial charge on any atom is -0.475 e. The fourth-order valence-electron chi connectivity index (χ4n) is 6.07. The molecule has 9 nitrogen and oxygen atoms in total. The lowest BCUT2D eigenvalue weighted by Crippen LogP contribution is -2.47. The van der Waals surface area contributed by atoms with Crippen LogP contribution in [0.25, 0.3) is 0 Å². The Hall–Kier alpha value is -3.64. The number of likely N-dealkylation sites (tertiary alicyclic amines) is 2. The molecule has 2 aromatic rings. The summed E-state index contributed by atoms with van der Waals surface area (Å²) in [5.41, 5.74) is 4.13. The zero-order valence-electron chi connectivity index (χ0n) is 24.5. The third-order valence-corrected chi connectivity index (χ3v) is 8.32. The van der Waals surface area contributed by atoms with E-state index in [9.17, 15) is 22.8 Å². The number of carboxylic acids is 1. The van der Waals surface area contributed by atoms with E-state index in [0.29, 0.717) is 38.1 Å². The quantitative estimate of drug-likeness (QED) is 0.515. The van der Waals surface area contributed by atoms with Crippen molar-refractivity contribution in [3.63, 3.8) is 0 Å². The van der Waals surface area contributed by atoms with Gasteiger partial charge in [0.25, 0.3) is 5.91 Å². The van der Waals surface area contributed by atoms with Crippen LogP contribution in [0, 0.1) is 25.7 Å². The highest BCUT2D eigenvalue weighted by atomic mass is 19.4. The molecule has 43 heavy (non-hydrogen) atoms. The number of rotatable bonds is 6. The number of hydrogen-bond donors (Lipinski definition) is 2. The van der Waals surface area contributed by atoms with Crippen LogP contribution in [-0.2, 0) is 9.53 Å². The van der Waals surface area contributed by atoms with Gasteiger partial charge in [0.15, 0.2) is 0 Å². The number of fused-ring (bicyclic) bond motifs is 1. The molecule has 0 spiro atoms. The molecule has 12 heteroatoms. The van der Waals surface area contributed by atoms with E-state index in [1.165, 1.54) is 0 Å². The molecule has 0 saturated carbocycles. The lowest BCUT2D eigenvalue weighted by molar-refractivity contribution is -0.192. The van der Waals surface area contributed by atoms with Crippen LogP contribution in [0.4, 0.5) is 18.0 Å². The summed E-state index contributed by atoms with van der Waals surface area (Å²) in [6.45, 7) is 11.2. The molecule has 3 fully saturated rings. The molecule has 3 heterocycles. The fraction of sp³-hybridized carbons (Fsp3) is 0.516. The molecular formula is C31H39F3N4O5. The van der Waals surface area contributed by atoms with Crippen molar-refractivity contribution < 1.29 is 37.4 Å². The van der Waals surface area contributed by atoms with Gasteiger partial charge in [-0.05, 0) is 48.8 Å². The topological polar surface area (TPSA) is 102 Å². The van der Waals surface area contributed by atoms with Crippen molar-refractivity contribution in [2.24, 2.45) is 11.8 Å². The molecule has 2 aromatic carbocycles. The molecule has 0 radical (unpaired) electrons. The minimum absolute atomic E-state index is 0.00824. The van der Waals surface area contributed by atoms with Crippen LogP contribution in [0.5, 0.6) is 0 Å². The summed E-state index contributed by atoms with van der Waals surface area (Å²) in [6.07, 6.45) is -4.22. The van der Waals surface area contributed by atoms with E-state index in [1.807, 2.05) is 55.1 Å². The molecule has 5 rings (SSSR count). The fourth-order valence-corrected chi connectivity index (χ4v) is 6.07. The molecule has 3 saturated heterocycles. The summed E-state index contributed by atoms with van der Waals surface area (Å²) in [7, 11) is 0. The van der Waals surface area contributed by atoms with E-state index in [1.54, 1.807) is 0 Å². The lowest BCUT2D eigenvalue weighted by atomic mass is 10.0. The maximum Gasteiger partial charge on any atom is 0.490 e. The van der Waals surface area contributed by atoms with Gasteiger partial charge in [0.05, 0.1) is 19.3 Å². The molecule has 3 aliphatic rings. The van der Waals surface area contributed by atoms with Crippen molar-refractivity contribution in [2.75, 3.05) is 59.0 Å². The number of amides is 3. The summed E-state index contributed by atoms with van der Waals surface area (Å²) in [6, 6.07) is 16.3. The van der Waals surface area contributed by atoms with E-state index in [0.717, 1.165) is 61.4 Å². The Kier molecular flexibility index (Phi) is 10.7. The summed E-state index contributed by atoms with van der Waals surface area (Å²) in [4.78, 5) is 41.5. The molecule has 234 valence electrons. The summed E-state index contributed by atoms with van der Waals surface area (Å²) in [5.74, 6) is -1.53. The van der Waals surface area contributed by atoms with Crippen LogP contribution in [0.15, 0.2) is 48.5 Å². The Morgan fingerprint density at radius 3 is 2.00 bits per heavy atom. The van der Waals surface area contributed by atoms with Crippen LogP contribution in [0.2, 0.25) is 0 Å². The van der Waals surface area contributed by atoms with Crippen molar-refractivity contribution in [3.05, 3.63) is 70.8 Å². The summed E-state index contributed by atoms with van der Waals surface area (Å²) < 4.78 is 37.1. The predicted octanol–water partition coefficient (Wildman–Crippen LogP) is 4.11. The van der Waals surface area contributed by atoms with E-state index in [2.05, 4.69) is 27.2 Å². The zero-order valence-corrected chi connectivity index (χ0v) is 24.5. The highest BCUT2D eigenvalue weighted by molar-refractivity contribution is 5.97. The summed E-state index contributed by atoms with van der Waals surface area (Å²) >= 11 is 0. The van der Waals surface area contributed by atoms with Crippen LogP contribution in [-0.4, -0.2) is 103 Å². The van der Waals surface area contributed by atoms with Gasteiger partial charge in [-0.3, -0.25) is 4.79 Å². The van der Waals surface area contributed by atoms with Crippen LogP contribution < -0.4 is 5.32 Å². The highest BCUT2D eigenvalue weighted by Gasteiger charge is 2.42. The molecular weight excluding hydrogens is 565 g/mol. The van der Waals surface area contributed by atoms with Gasteiger partial charge in [0.1, 0.15) is 0 Å². The van der Waals surface area contributed by atoms with Crippen LogP contribution in [0.3, 0.4) is 0 Å². The molecule has 0 aliphatic carbocycles. The third kappa shape index (κ3) is 8.47. The van der Waals surface area contributed by atoms with Crippen molar-refractivity contribution in [2.45, 2.75) is 32.5 Å². The molecule has 3 aliphatic heterocycles. The number of aryl methyl sites for hydroxylation is 2. The standard InChI is InChI=1S/C29H38N4O3.C2HF3O2/c1-21-7-6-8-22(2)27(21)28(34)33-19-24-17-31(18-25(24)20-33)12-11-26(23-9-4-3-5-10-23)30-29(35)32-13-15-36-16-14-32;3-2(4,5)1(6)7/h3-10,24-26H,11-20H2,1-2H3,(H,30,35);(H,6,7)/t24-,25?,26?;/m0./s1. The number of benzene rings is 2. The number of ether oxygens (including phenoxy) is 1. The predicted molar refractivity (Wildman–Crippen MR) is 154 cm³/mol. The number of carbonyl (C=O) groups excluding carboxylic acids is 2. The first-order chi connectivity index (χ1) is 20.4. The third-order valence-electron chi connectivity index (χ3n) is 8.32. The number of aliphatic carboxylic acids is 1. The molecule has 0 bridgehead atoms. The van der Waals surface area contributed by atoms with Crippen molar-refractivity contribution in [1.29, 1.82) is 0 Å². The number of hydrogen-bond acceptors (Lipinski definition) is 5. The largest absolute Gasteiger partial charge is 0.490 e. The molecule has 0 aromatic heterocycles. The van der Waals surface area contributed by atoms with Gasteiger partial charge in [-0.2, -0.15) is 13.2 Å². The average molecular weight is 605 g/mol. The number of nitrogens with zero attached hydrogens (tertiary/aromatic N) is 3. The van der Waals surface area contributed by atoms with Crippen molar-refractivity contribution in [1.82, 2.24) is 20.0 Å². The average Bonchev–Trinajstić information content (AvgIpc) is 3.55. The molecule has 3 amide bonds. The maximum atomic E-state index is 13.3. The van der Waals surface area contributed by atoms with Gasteiger partial charge in [-0.1, -0.05) is 48.5 Å². The van der Waals surface area contributed by atoms with Gasteiger partial charge < -0.3 is 29.9 Å². The first-order valence-electron chi connectivity index (χ1n) is 14.5. The van der Waals surface area contributed by atoms with Gasteiger partial charge in [-0.15, -0.1) is 0 Å². The second-order valence-electron chi connectivity index (χ2n) is 11.4. The number of alkyl halides is 3. The minimum atomic E-state index is -5.08. The normalized spacial score (nSPS) is 21.0. The summed E-state index contributed by atoms with van der Waals surface area (Å²) in [5, 5.41) is 10.4. The van der Waals surface area contributed by atoms with E-state index in [-0.39, 0.29) is 18.0 Å². The van der Waals surface area contributed by atoms with Crippen molar-refractivity contribution in [3.8, 4) is 0 Å². The number of carboxylic acid groups (broad SMARTS) is 1. The van der Waals surface area contributed by atoms with Gasteiger partial charge in [0.2, 0.25) is 0 Å². The zero-order chi connectivity index (χ0) is 31.1. The number of urea groups is 1. The number of morpholine rings is 1. The second-order valence-corrected chi connectivity index (χ2v) is 11.4. The number of nitrogens with one attached hydrogen (secondary N) is 1. The number of halogens is 3. The van der Waals surface area contributed by atoms with E-state index < -0.39 is 12.1 Å². The van der Waals surface area contributed by atoms with Gasteiger partial charge in [-0.25, -0.2) is 9.59 Å². The smallest absolute Gasteiger partial charge is 0.475 e. The van der Waals surface area contributed by atoms with E-state index >= 15 is 0 Å². The Morgan fingerprint density at radius 1 is 0.907 bits per heavy atom. The van der Waals surface area contributed by atoms with Crippen LogP contribution in [0.1, 0.15) is 39.5 Å². The molecule has 3 atom stereocenters. The Bertz CT molecular complexity index is 1240. The first kappa shape index (κ1) is 32.3. The first-order valence-corrected chi connectivity index (χ1v) is 14.5. The van der Waals surface area contributed by atoms with Gasteiger partial charge >= 0.3 is 18.2 Å². The molecule has 2 unspecified atom stereocenters. The lowest BCUT2D eigenvalue weighted by Gasteiger charge is -2.30. The Morgan fingerprint density at radius 2 is 1.47 bits per heavy atom. The monoisotopic (exact) mass is 604 g/mol. The van der Waals surface area contributed by atoms with Crippen molar-refractivity contribution >= 4 is 17.9 Å². The maximum absolute atomic E-state index is 13.3. The van der Waals surface area contributed by atoms with Crippen LogP contribution >= 0.6 is 0 Å². The Balaban J connectivity index is 0.000000541. The number of carbonyl (C=O) groups is 3.